The number of nitrogens with one attached hydrogen (secondary N) is 1. The molecule has 10 heteroatoms. The predicted molar refractivity (Wildman–Crippen MR) is 142 cm³/mol. The average Bonchev–Trinajstić information content (AvgIpc) is 3.13. The highest BCUT2D eigenvalue weighted by molar-refractivity contribution is 7.89. The Labute approximate surface area is 226 Å². The summed E-state index contributed by atoms with van der Waals surface area (Å²) < 4.78 is 41.7. The molecule has 0 spiro atoms. The number of carbonyl (C=O) groups excluding carboxylic acids is 3. The van der Waals surface area contributed by atoms with E-state index in [0.717, 1.165) is 75.2 Å². The van der Waals surface area contributed by atoms with Gasteiger partial charge in [0.05, 0.1) is 6.26 Å². The fourth-order valence-electron chi connectivity index (χ4n) is 6.14. The molecule has 9 nitrogen and oxygen atoms in total. The van der Waals surface area contributed by atoms with Crippen LogP contribution in [0.15, 0.2) is 18.2 Å². The van der Waals surface area contributed by atoms with E-state index < -0.39 is 22.5 Å². The zero-order chi connectivity index (χ0) is 27.9. The molecule has 5 atom stereocenters. The first-order valence-electron chi connectivity index (χ1n) is 13.6. The van der Waals surface area contributed by atoms with Gasteiger partial charge in [0.2, 0.25) is 10.0 Å². The first-order chi connectivity index (χ1) is 18.0. The van der Waals surface area contributed by atoms with Gasteiger partial charge in [-0.1, -0.05) is 31.9 Å². The first-order valence-corrected chi connectivity index (χ1v) is 15.4. The maximum atomic E-state index is 12.0. The number of esters is 2. The Balaban J connectivity index is 1.73. The van der Waals surface area contributed by atoms with Crippen molar-refractivity contribution in [3.63, 3.8) is 0 Å². The second-order valence-corrected chi connectivity index (χ2v) is 12.4. The lowest BCUT2D eigenvalue weighted by atomic mass is 9.73. The highest BCUT2D eigenvalue weighted by atomic mass is 32.2. The van der Waals surface area contributed by atoms with Gasteiger partial charge in [0, 0.05) is 13.8 Å². The van der Waals surface area contributed by atoms with Crippen molar-refractivity contribution in [2.45, 2.75) is 90.8 Å². The SMILES string of the molecule is CCCCC[C@@H](CC[C@@H]1[C@H]2Cc3cccc(OCC(=O)NS(C)(=O)=O)c3C[C@H]2C[C@H]1OC(C)=O)OC(C)=O. The quantitative estimate of drug-likeness (QED) is 0.291. The number of benzene rings is 1. The van der Waals surface area contributed by atoms with Crippen molar-refractivity contribution in [3.05, 3.63) is 29.3 Å². The van der Waals surface area contributed by atoms with Crippen LogP contribution in [0.4, 0.5) is 0 Å². The fraction of sp³-hybridized carbons (Fsp3) is 0.679. The van der Waals surface area contributed by atoms with Crippen LogP contribution in [0.2, 0.25) is 0 Å². The van der Waals surface area contributed by atoms with Crippen molar-refractivity contribution < 1.29 is 37.0 Å². The number of unbranched alkanes of at least 4 members (excludes halogenated alkanes) is 2. The Morgan fingerprint density at radius 2 is 1.84 bits per heavy atom. The molecule has 2 aliphatic rings. The number of sulfonamides is 1. The van der Waals surface area contributed by atoms with Crippen LogP contribution in [-0.4, -0.2) is 51.3 Å². The van der Waals surface area contributed by atoms with Crippen LogP contribution in [0, 0.1) is 17.8 Å². The Morgan fingerprint density at radius 3 is 2.50 bits per heavy atom. The molecule has 1 saturated carbocycles. The lowest BCUT2D eigenvalue weighted by Gasteiger charge is -2.33. The summed E-state index contributed by atoms with van der Waals surface area (Å²) in [6.45, 7) is 4.63. The molecule has 0 radical (unpaired) electrons. The third-order valence-corrected chi connectivity index (χ3v) is 8.18. The summed E-state index contributed by atoms with van der Waals surface area (Å²) in [4.78, 5) is 35.6. The second kappa shape index (κ2) is 13.4. The topological polar surface area (TPSA) is 125 Å². The molecule has 0 aliphatic heterocycles. The minimum atomic E-state index is -3.65. The largest absolute Gasteiger partial charge is 0.483 e. The minimum absolute atomic E-state index is 0.134. The van der Waals surface area contributed by atoms with Crippen molar-refractivity contribution in [2.24, 2.45) is 17.8 Å². The molecule has 1 aromatic rings. The lowest BCUT2D eigenvalue weighted by Crippen LogP contribution is -2.33. The van der Waals surface area contributed by atoms with Gasteiger partial charge < -0.3 is 14.2 Å². The van der Waals surface area contributed by atoms with Crippen LogP contribution in [0.25, 0.3) is 0 Å². The number of hydrogen-bond acceptors (Lipinski definition) is 8. The lowest BCUT2D eigenvalue weighted by molar-refractivity contribution is -0.149. The molecule has 0 heterocycles. The van der Waals surface area contributed by atoms with E-state index in [1.54, 1.807) is 6.07 Å². The number of ether oxygens (including phenoxy) is 3. The van der Waals surface area contributed by atoms with E-state index in [1.807, 2.05) is 10.8 Å². The first kappa shape index (κ1) is 29.9. The van der Waals surface area contributed by atoms with Gasteiger partial charge in [-0.15, -0.1) is 0 Å². The number of carbonyl (C=O) groups is 3. The van der Waals surface area contributed by atoms with Gasteiger partial charge >= 0.3 is 11.9 Å². The van der Waals surface area contributed by atoms with E-state index >= 15 is 0 Å². The standard InChI is InChI=1S/C28H41NO8S/c1-5-6-7-10-22(36-18(2)30)12-13-23-24-14-20-9-8-11-26(35-17-28(32)29-38(4,33)34)25(20)15-21(24)16-27(23)37-19(3)31/h8-9,11,21-24,27H,5-7,10,12-17H2,1-4H3,(H,29,32)/t21-,22-,23+,24-,27+/m0/s1. The Hall–Kier alpha value is -2.62. The number of hydrogen-bond donors (Lipinski definition) is 1. The highest BCUT2D eigenvalue weighted by Crippen LogP contribution is 2.49. The van der Waals surface area contributed by atoms with Crippen LogP contribution in [-0.2, 0) is 46.7 Å². The molecule has 1 N–H and O–H groups in total. The van der Waals surface area contributed by atoms with Crippen LogP contribution in [0.3, 0.4) is 0 Å². The van der Waals surface area contributed by atoms with Crippen molar-refractivity contribution in [3.8, 4) is 5.75 Å². The molecule has 38 heavy (non-hydrogen) atoms. The molecule has 2 aliphatic carbocycles. The van der Waals surface area contributed by atoms with Gasteiger partial charge in [0.1, 0.15) is 18.0 Å². The minimum Gasteiger partial charge on any atom is -0.483 e. The average molecular weight is 552 g/mol. The molecule has 0 saturated heterocycles. The van der Waals surface area contributed by atoms with E-state index in [2.05, 4.69) is 13.0 Å². The van der Waals surface area contributed by atoms with E-state index in [-0.39, 0.29) is 36.0 Å². The predicted octanol–water partition coefficient (Wildman–Crippen LogP) is 3.72. The molecule has 212 valence electrons. The van der Waals surface area contributed by atoms with E-state index in [9.17, 15) is 22.8 Å². The summed E-state index contributed by atoms with van der Waals surface area (Å²) in [6.07, 6.45) is 8.43. The molecule has 3 rings (SSSR count). The van der Waals surface area contributed by atoms with Crippen molar-refractivity contribution in [2.75, 3.05) is 12.9 Å². The Morgan fingerprint density at radius 1 is 1.08 bits per heavy atom. The summed E-state index contributed by atoms with van der Waals surface area (Å²) in [5, 5.41) is 0. The summed E-state index contributed by atoms with van der Waals surface area (Å²) in [7, 11) is -3.65. The second-order valence-electron chi connectivity index (χ2n) is 10.7. The normalized spacial score (nSPS) is 23.1. The van der Waals surface area contributed by atoms with Gasteiger partial charge in [-0.2, -0.15) is 0 Å². The zero-order valence-electron chi connectivity index (χ0n) is 22.9. The van der Waals surface area contributed by atoms with Crippen LogP contribution in [0.5, 0.6) is 5.75 Å². The molecular weight excluding hydrogens is 510 g/mol. The van der Waals surface area contributed by atoms with Gasteiger partial charge in [-0.05, 0) is 79.9 Å². The van der Waals surface area contributed by atoms with Crippen molar-refractivity contribution in [1.29, 1.82) is 0 Å². The van der Waals surface area contributed by atoms with Gasteiger partial charge in [-0.25, -0.2) is 8.42 Å². The molecule has 1 amide bonds. The third-order valence-electron chi connectivity index (χ3n) is 7.58. The van der Waals surface area contributed by atoms with Crippen molar-refractivity contribution in [1.82, 2.24) is 4.72 Å². The van der Waals surface area contributed by atoms with Crippen LogP contribution >= 0.6 is 0 Å². The molecule has 1 aromatic carbocycles. The maximum Gasteiger partial charge on any atom is 0.302 e. The molecular formula is C28H41NO8S. The molecule has 0 aromatic heterocycles. The van der Waals surface area contributed by atoms with E-state index in [0.29, 0.717) is 11.7 Å². The van der Waals surface area contributed by atoms with Crippen molar-refractivity contribution >= 4 is 27.9 Å². The van der Waals surface area contributed by atoms with Gasteiger partial charge in [0.25, 0.3) is 5.91 Å². The highest BCUT2D eigenvalue weighted by Gasteiger charge is 2.47. The van der Waals surface area contributed by atoms with E-state index in [1.165, 1.54) is 13.8 Å². The number of amides is 1. The Kier molecular flexibility index (Phi) is 10.6. The molecule has 0 bridgehead atoms. The summed E-state index contributed by atoms with van der Waals surface area (Å²) in [5.41, 5.74) is 2.14. The van der Waals surface area contributed by atoms with Gasteiger partial charge in [0.15, 0.2) is 6.61 Å². The van der Waals surface area contributed by atoms with Crippen LogP contribution in [0.1, 0.15) is 76.8 Å². The summed E-state index contributed by atoms with van der Waals surface area (Å²) in [6, 6.07) is 5.72. The third kappa shape index (κ3) is 8.71. The van der Waals surface area contributed by atoms with E-state index in [4.69, 9.17) is 14.2 Å². The monoisotopic (exact) mass is 551 g/mol. The number of rotatable bonds is 13. The smallest absolute Gasteiger partial charge is 0.302 e. The Bertz CT molecular complexity index is 1100. The number of fused-ring (bicyclic) bond motifs is 2. The molecule has 0 unspecified atom stereocenters. The summed E-state index contributed by atoms with van der Waals surface area (Å²) in [5.74, 6) is 0.0291. The summed E-state index contributed by atoms with van der Waals surface area (Å²) >= 11 is 0. The van der Waals surface area contributed by atoms with Crippen LogP contribution < -0.4 is 9.46 Å². The zero-order valence-corrected chi connectivity index (χ0v) is 23.7. The maximum absolute atomic E-state index is 12.0. The molecule has 1 fully saturated rings. The van der Waals surface area contributed by atoms with Gasteiger partial charge in [-0.3, -0.25) is 19.1 Å². The fourth-order valence-corrected chi connectivity index (χ4v) is 6.61.